The van der Waals surface area contributed by atoms with Gasteiger partial charge in [-0.25, -0.2) is 0 Å². The van der Waals surface area contributed by atoms with Crippen molar-refractivity contribution in [1.29, 1.82) is 0 Å². The van der Waals surface area contributed by atoms with E-state index in [-0.39, 0.29) is 11.7 Å². The molecule has 98 valence electrons. The fraction of sp³-hybridized carbons (Fsp3) is 0.200. The molecule has 1 atom stereocenters. The molecule has 0 amide bonds. The maximum absolute atomic E-state index is 9.66. The van der Waals surface area contributed by atoms with Gasteiger partial charge in [0.1, 0.15) is 17.2 Å². The third-order valence-electron chi connectivity index (χ3n) is 2.81. The number of rotatable bonds is 4. The van der Waals surface area contributed by atoms with Crippen molar-refractivity contribution in [3.63, 3.8) is 0 Å². The molecule has 1 heterocycles. The lowest BCUT2D eigenvalue weighted by molar-refractivity contribution is 0.376. The number of terminal acetylenes is 1. The fourth-order valence-corrected chi connectivity index (χ4v) is 2.77. The molecule has 3 nitrogen and oxygen atoms in total. The van der Waals surface area contributed by atoms with E-state index in [4.69, 9.17) is 15.9 Å². The minimum atomic E-state index is -0.259. The van der Waals surface area contributed by atoms with E-state index in [0.717, 1.165) is 10.4 Å². The average Bonchev–Trinajstić information content (AvgIpc) is 2.94. The Morgan fingerprint density at radius 2 is 1.89 bits per heavy atom. The van der Waals surface area contributed by atoms with Crippen LogP contribution in [0.5, 0.6) is 17.2 Å². The minimum absolute atomic E-state index is 0.0828. The molecule has 19 heavy (non-hydrogen) atoms. The molecule has 0 radical (unpaired) electrons. The number of hydrogen-bond acceptors (Lipinski definition) is 4. The van der Waals surface area contributed by atoms with Crippen molar-refractivity contribution in [2.45, 2.75) is 5.92 Å². The second-order valence-corrected chi connectivity index (χ2v) is 4.86. The maximum Gasteiger partial charge on any atom is 0.131 e. The molecular weight excluding hydrogens is 260 g/mol. The predicted molar refractivity (Wildman–Crippen MR) is 76.2 cm³/mol. The van der Waals surface area contributed by atoms with E-state index in [1.165, 1.54) is 12.1 Å². The largest absolute Gasteiger partial charge is 0.508 e. The highest BCUT2D eigenvalue weighted by atomic mass is 32.1. The van der Waals surface area contributed by atoms with Gasteiger partial charge >= 0.3 is 0 Å². The molecule has 2 rings (SSSR count). The zero-order chi connectivity index (χ0) is 13.8. The van der Waals surface area contributed by atoms with Crippen molar-refractivity contribution in [1.82, 2.24) is 0 Å². The number of methoxy groups -OCH3 is 2. The van der Waals surface area contributed by atoms with Crippen LogP contribution in [0, 0.1) is 12.3 Å². The van der Waals surface area contributed by atoms with E-state index < -0.39 is 0 Å². The number of thiophene rings is 1. The van der Waals surface area contributed by atoms with Gasteiger partial charge in [0.25, 0.3) is 0 Å². The molecule has 0 saturated carbocycles. The third-order valence-corrected chi connectivity index (χ3v) is 3.75. The van der Waals surface area contributed by atoms with Crippen LogP contribution in [0.4, 0.5) is 0 Å². The number of ether oxygens (including phenoxy) is 2. The van der Waals surface area contributed by atoms with Crippen LogP contribution >= 0.6 is 11.3 Å². The smallest absolute Gasteiger partial charge is 0.131 e. The lowest BCUT2D eigenvalue weighted by Crippen LogP contribution is -2.03. The molecule has 4 heteroatoms. The van der Waals surface area contributed by atoms with Gasteiger partial charge in [-0.1, -0.05) is 12.0 Å². The molecule has 0 aliphatic carbocycles. The normalized spacial score (nSPS) is 11.6. The van der Waals surface area contributed by atoms with Crippen LogP contribution in [0.1, 0.15) is 16.4 Å². The van der Waals surface area contributed by atoms with Gasteiger partial charge < -0.3 is 14.6 Å². The Labute approximate surface area is 116 Å². The van der Waals surface area contributed by atoms with Crippen molar-refractivity contribution in [2.24, 2.45) is 0 Å². The van der Waals surface area contributed by atoms with Crippen LogP contribution in [-0.4, -0.2) is 19.3 Å². The lowest BCUT2D eigenvalue weighted by atomic mass is 9.96. The van der Waals surface area contributed by atoms with Gasteiger partial charge in [0, 0.05) is 17.0 Å². The van der Waals surface area contributed by atoms with Crippen molar-refractivity contribution in [3.8, 4) is 29.6 Å². The first-order valence-electron chi connectivity index (χ1n) is 5.65. The van der Waals surface area contributed by atoms with Crippen LogP contribution in [0.15, 0.2) is 29.6 Å². The zero-order valence-electron chi connectivity index (χ0n) is 10.7. The summed E-state index contributed by atoms with van der Waals surface area (Å²) in [4.78, 5) is 1.03. The summed E-state index contributed by atoms with van der Waals surface area (Å²) in [5.41, 5.74) is 0.757. The number of benzene rings is 1. The summed E-state index contributed by atoms with van der Waals surface area (Å²) < 4.78 is 10.6. The maximum atomic E-state index is 9.66. The van der Waals surface area contributed by atoms with E-state index in [1.807, 2.05) is 17.5 Å². The third kappa shape index (κ3) is 2.51. The minimum Gasteiger partial charge on any atom is -0.508 e. The lowest BCUT2D eigenvalue weighted by Gasteiger charge is -2.18. The van der Waals surface area contributed by atoms with E-state index in [1.54, 1.807) is 25.6 Å². The Bertz CT molecular complexity index is 571. The predicted octanol–water partition coefficient (Wildman–Crippen LogP) is 3.24. The van der Waals surface area contributed by atoms with Crippen molar-refractivity contribution < 1.29 is 14.6 Å². The molecule has 0 saturated heterocycles. The Morgan fingerprint density at radius 1 is 1.26 bits per heavy atom. The molecule has 0 aliphatic heterocycles. The molecule has 0 spiro atoms. The van der Waals surface area contributed by atoms with E-state index >= 15 is 0 Å². The van der Waals surface area contributed by atoms with Crippen LogP contribution in [-0.2, 0) is 0 Å². The van der Waals surface area contributed by atoms with Crippen LogP contribution in [0.3, 0.4) is 0 Å². The average molecular weight is 274 g/mol. The molecule has 0 fully saturated rings. The highest BCUT2D eigenvalue weighted by Gasteiger charge is 2.22. The van der Waals surface area contributed by atoms with Crippen LogP contribution in [0.25, 0.3) is 0 Å². The van der Waals surface area contributed by atoms with Gasteiger partial charge in [-0.15, -0.1) is 17.8 Å². The van der Waals surface area contributed by atoms with E-state index in [2.05, 4.69) is 5.92 Å². The summed E-state index contributed by atoms with van der Waals surface area (Å²) in [6, 6.07) is 7.00. The Hall–Kier alpha value is -2.12. The highest BCUT2D eigenvalue weighted by molar-refractivity contribution is 7.10. The first-order valence-corrected chi connectivity index (χ1v) is 6.53. The first kappa shape index (κ1) is 13.3. The quantitative estimate of drug-likeness (QED) is 0.870. The van der Waals surface area contributed by atoms with Crippen molar-refractivity contribution in [3.05, 3.63) is 40.1 Å². The van der Waals surface area contributed by atoms with Gasteiger partial charge in [0.05, 0.1) is 25.7 Å². The van der Waals surface area contributed by atoms with Crippen LogP contribution in [0.2, 0.25) is 0 Å². The van der Waals surface area contributed by atoms with Crippen molar-refractivity contribution >= 4 is 11.3 Å². The van der Waals surface area contributed by atoms with E-state index in [9.17, 15) is 5.11 Å². The number of phenols is 1. The molecule has 0 aliphatic rings. The Balaban J connectivity index is 2.63. The Kier molecular flexibility index (Phi) is 3.98. The second-order valence-electron chi connectivity index (χ2n) is 3.88. The molecule has 1 aromatic carbocycles. The van der Waals surface area contributed by atoms with Gasteiger partial charge in [0.2, 0.25) is 0 Å². The summed E-state index contributed by atoms with van der Waals surface area (Å²) in [7, 11) is 3.08. The summed E-state index contributed by atoms with van der Waals surface area (Å²) in [6.45, 7) is 0. The monoisotopic (exact) mass is 274 g/mol. The summed E-state index contributed by atoms with van der Waals surface area (Å²) >= 11 is 1.58. The number of aromatic hydroxyl groups is 1. The van der Waals surface area contributed by atoms with Gasteiger partial charge in [-0.05, 0) is 11.4 Å². The van der Waals surface area contributed by atoms with E-state index in [0.29, 0.717) is 11.5 Å². The molecule has 1 unspecified atom stereocenters. The summed E-state index contributed by atoms with van der Waals surface area (Å²) in [5.74, 6) is 3.63. The standard InChI is InChI=1S/C15H14O3S/c1-4-11(14-6-5-7-19-14)15-12(17-2)8-10(16)9-13(15)18-3/h1,5-9,11,16H,2-3H3. The number of phenolic OH excluding ortho intramolecular Hbond substituents is 1. The summed E-state index contributed by atoms with van der Waals surface area (Å²) in [6.07, 6.45) is 5.66. The molecule has 1 N–H and O–H groups in total. The molecule has 0 bridgehead atoms. The first-order chi connectivity index (χ1) is 9.21. The molecule has 1 aromatic heterocycles. The topological polar surface area (TPSA) is 38.7 Å². The van der Waals surface area contributed by atoms with Gasteiger partial charge in [-0.2, -0.15) is 0 Å². The summed E-state index contributed by atoms with van der Waals surface area (Å²) in [5, 5.41) is 11.6. The molecular formula is C15H14O3S. The Morgan fingerprint density at radius 3 is 2.32 bits per heavy atom. The molecule has 2 aromatic rings. The SMILES string of the molecule is C#CC(c1cccs1)c1c(OC)cc(O)cc1OC. The zero-order valence-corrected chi connectivity index (χ0v) is 11.5. The van der Waals surface area contributed by atoms with Crippen molar-refractivity contribution in [2.75, 3.05) is 14.2 Å². The van der Waals surface area contributed by atoms with Gasteiger partial charge in [0.15, 0.2) is 0 Å². The van der Waals surface area contributed by atoms with Gasteiger partial charge in [-0.3, -0.25) is 0 Å². The highest BCUT2D eigenvalue weighted by Crippen LogP contribution is 2.42. The second kappa shape index (κ2) is 5.68. The fourth-order valence-electron chi connectivity index (χ4n) is 1.97. The van der Waals surface area contributed by atoms with Crippen LogP contribution < -0.4 is 9.47 Å². The number of hydrogen-bond donors (Lipinski definition) is 1.